The lowest BCUT2D eigenvalue weighted by Gasteiger charge is -2.19. The van der Waals surface area contributed by atoms with Crippen molar-refractivity contribution in [2.75, 3.05) is 165 Å². The van der Waals surface area contributed by atoms with Crippen LogP contribution in [0, 0.1) is 10.1 Å². The molecule has 0 fully saturated rings. The molecule has 0 aliphatic heterocycles. The number of non-ortho nitro benzene ring substituents is 1. The van der Waals surface area contributed by atoms with Crippen molar-refractivity contribution in [3.8, 4) is 5.75 Å². The Labute approximate surface area is 319 Å². The van der Waals surface area contributed by atoms with Crippen LogP contribution in [-0.2, 0) is 66.4 Å². The molecule has 18 heteroatoms. The number of nitro benzene ring substituents is 1. The molecule has 1 aromatic rings. The van der Waals surface area contributed by atoms with Crippen LogP contribution in [0.25, 0.3) is 0 Å². The van der Waals surface area contributed by atoms with Gasteiger partial charge in [0.1, 0.15) is 24.6 Å². The lowest BCUT2D eigenvalue weighted by Crippen LogP contribution is -2.27. The van der Waals surface area contributed by atoms with Crippen LogP contribution in [0.15, 0.2) is 24.3 Å². The van der Waals surface area contributed by atoms with E-state index in [1.54, 1.807) is 12.1 Å². The number of benzene rings is 1. The Balaban J connectivity index is 1.65. The number of nitrogens with zero attached hydrogens (tertiary/aromatic N) is 1. The standard InChI is InChI=1S/C36H63NO17/c1-36(2,3)54-35(38)32-52-29-28-50-25-24-48-21-20-46-17-16-44-13-12-42-9-8-41-10-11-43-14-15-45-18-19-47-22-23-49-26-27-51-30-31-53-34-6-4-33(5-7-34)37(39)40/h4-7H,8-32H2,1-3H3. The number of carbonyl (C=O) groups excluding carboxylic acids is 1. The first-order chi connectivity index (χ1) is 26.3. The van der Waals surface area contributed by atoms with Crippen LogP contribution < -0.4 is 4.74 Å². The molecular weight excluding hydrogens is 718 g/mol. The van der Waals surface area contributed by atoms with Crippen LogP contribution in [0.4, 0.5) is 5.69 Å². The average Bonchev–Trinajstić information content (AvgIpc) is 3.13. The highest BCUT2D eigenvalue weighted by atomic mass is 16.6. The lowest BCUT2D eigenvalue weighted by atomic mass is 10.2. The number of hydrogen-bond acceptors (Lipinski definition) is 17. The summed E-state index contributed by atoms with van der Waals surface area (Å²) in [6.07, 6.45) is 0. The molecule has 1 rings (SSSR count). The molecule has 0 saturated heterocycles. The normalized spacial score (nSPS) is 11.6. The third kappa shape index (κ3) is 35.1. The maximum Gasteiger partial charge on any atom is 0.332 e. The Morgan fingerprint density at radius 3 is 0.981 bits per heavy atom. The molecule has 0 amide bonds. The van der Waals surface area contributed by atoms with E-state index in [0.29, 0.717) is 164 Å². The van der Waals surface area contributed by atoms with Crippen molar-refractivity contribution in [2.24, 2.45) is 0 Å². The first kappa shape index (κ1) is 49.4. The van der Waals surface area contributed by atoms with Gasteiger partial charge in [0.05, 0.1) is 157 Å². The van der Waals surface area contributed by atoms with Crippen molar-refractivity contribution in [3.05, 3.63) is 34.4 Å². The summed E-state index contributed by atoms with van der Waals surface area (Å²) in [5.74, 6) is 0.158. The lowest BCUT2D eigenvalue weighted by molar-refractivity contribution is -0.384. The third-order valence-electron chi connectivity index (χ3n) is 6.28. The molecule has 0 atom stereocenters. The van der Waals surface area contributed by atoms with Gasteiger partial charge in [0.25, 0.3) is 5.69 Å². The summed E-state index contributed by atoms with van der Waals surface area (Å²) in [4.78, 5) is 21.7. The number of hydrogen-bond donors (Lipinski definition) is 0. The molecule has 0 saturated carbocycles. The topological polar surface area (TPSA) is 189 Å². The maximum atomic E-state index is 11.5. The second-order valence-electron chi connectivity index (χ2n) is 12.0. The summed E-state index contributed by atoms with van der Waals surface area (Å²) < 4.78 is 75.8. The van der Waals surface area contributed by atoms with E-state index < -0.39 is 16.5 Å². The van der Waals surface area contributed by atoms with E-state index in [2.05, 4.69) is 0 Å². The minimum Gasteiger partial charge on any atom is -0.491 e. The molecule has 0 aromatic heterocycles. The van der Waals surface area contributed by atoms with Crippen LogP contribution in [0.3, 0.4) is 0 Å². The molecule has 0 bridgehead atoms. The van der Waals surface area contributed by atoms with Crippen LogP contribution in [0.2, 0.25) is 0 Å². The van der Waals surface area contributed by atoms with E-state index in [9.17, 15) is 14.9 Å². The summed E-state index contributed by atoms with van der Waals surface area (Å²) in [5, 5.41) is 10.6. The molecule has 18 nitrogen and oxygen atoms in total. The monoisotopic (exact) mass is 781 g/mol. The van der Waals surface area contributed by atoms with Crippen molar-refractivity contribution in [2.45, 2.75) is 26.4 Å². The molecule has 0 unspecified atom stereocenters. The summed E-state index contributed by atoms with van der Waals surface area (Å²) in [7, 11) is 0. The number of rotatable bonds is 40. The molecule has 0 N–H and O–H groups in total. The van der Waals surface area contributed by atoms with Gasteiger partial charge in [-0.25, -0.2) is 4.79 Å². The SMILES string of the molecule is CC(C)(C)OC(=O)COCCOCCOCCOCCOCCOCCOCCOCCOCCOCCOCCOCCOc1ccc([N+](=O)[O-])cc1. The van der Waals surface area contributed by atoms with Crippen molar-refractivity contribution < 1.29 is 76.0 Å². The van der Waals surface area contributed by atoms with Gasteiger partial charge < -0.3 is 66.3 Å². The van der Waals surface area contributed by atoms with Gasteiger partial charge in [-0.2, -0.15) is 0 Å². The Morgan fingerprint density at radius 1 is 0.463 bits per heavy atom. The zero-order valence-electron chi connectivity index (χ0n) is 32.4. The zero-order valence-corrected chi connectivity index (χ0v) is 32.4. The average molecular weight is 782 g/mol. The molecule has 54 heavy (non-hydrogen) atoms. The van der Waals surface area contributed by atoms with Crippen molar-refractivity contribution in [1.82, 2.24) is 0 Å². The number of carbonyl (C=O) groups is 1. The molecule has 0 aliphatic rings. The Bertz CT molecular complexity index is 996. The van der Waals surface area contributed by atoms with Gasteiger partial charge >= 0.3 is 5.97 Å². The first-order valence-electron chi connectivity index (χ1n) is 18.3. The van der Waals surface area contributed by atoms with Crippen molar-refractivity contribution in [3.63, 3.8) is 0 Å². The number of nitro groups is 1. The third-order valence-corrected chi connectivity index (χ3v) is 6.28. The van der Waals surface area contributed by atoms with Crippen LogP contribution in [0.1, 0.15) is 20.8 Å². The second-order valence-corrected chi connectivity index (χ2v) is 12.0. The largest absolute Gasteiger partial charge is 0.491 e. The second kappa shape index (κ2) is 36.1. The van der Waals surface area contributed by atoms with E-state index >= 15 is 0 Å². The van der Waals surface area contributed by atoms with Gasteiger partial charge in [0.2, 0.25) is 0 Å². The fraction of sp³-hybridized carbons (Fsp3) is 0.806. The molecular formula is C36H63NO17. The van der Waals surface area contributed by atoms with Crippen LogP contribution in [0.5, 0.6) is 5.75 Å². The Morgan fingerprint density at radius 2 is 0.722 bits per heavy atom. The highest BCUT2D eigenvalue weighted by Crippen LogP contribution is 2.17. The molecule has 0 radical (unpaired) electrons. The van der Waals surface area contributed by atoms with Gasteiger partial charge in [0, 0.05) is 12.1 Å². The fourth-order valence-electron chi connectivity index (χ4n) is 3.83. The van der Waals surface area contributed by atoms with Crippen molar-refractivity contribution >= 4 is 11.7 Å². The van der Waals surface area contributed by atoms with Crippen LogP contribution >= 0.6 is 0 Å². The molecule has 314 valence electrons. The fourth-order valence-corrected chi connectivity index (χ4v) is 3.83. The number of ether oxygens (including phenoxy) is 14. The Hall–Kier alpha value is -2.59. The minimum atomic E-state index is -0.518. The number of esters is 1. The van der Waals surface area contributed by atoms with Gasteiger partial charge in [-0.1, -0.05) is 0 Å². The predicted molar refractivity (Wildman–Crippen MR) is 194 cm³/mol. The first-order valence-corrected chi connectivity index (χ1v) is 18.3. The Kier molecular flexibility index (Phi) is 33.0. The van der Waals surface area contributed by atoms with E-state index in [0.717, 1.165) is 0 Å². The van der Waals surface area contributed by atoms with Gasteiger partial charge in [0.15, 0.2) is 0 Å². The minimum absolute atomic E-state index is 0.0212. The zero-order chi connectivity index (χ0) is 39.2. The highest BCUT2D eigenvalue weighted by Gasteiger charge is 2.16. The predicted octanol–water partition coefficient (Wildman–Crippen LogP) is 2.51. The quantitative estimate of drug-likeness (QED) is 0.0408. The van der Waals surface area contributed by atoms with E-state index in [-0.39, 0.29) is 12.3 Å². The maximum absolute atomic E-state index is 11.5. The summed E-state index contributed by atoms with van der Waals surface area (Å²) >= 11 is 0. The summed E-state index contributed by atoms with van der Waals surface area (Å²) in [5.41, 5.74) is -0.497. The molecule has 1 aromatic carbocycles. The highest BCUT2D eigenvalue weighted by molar-refractivity contribution is 5.71. The molecule has 0 spiro atoms. The van der Waals surface area contributed by atoms with E-state index in [4.69, 9.17) is 66.3 Å². The van der Waals surface area contributed by atoms with Gasteiger partial charge in [-0.3, -0.25) is 10.1 Å². The smallest absolute Gasteiger partial charge is 0.332 e. The summed E-state index contributed by atoms with van der Waals surface area (Å²) in [6, 6.07) is 5.90. The molecule has 0 aliphatic carbocycles. The van der Waals surface area contributed by atoms with E-state index in [1.807, 2.05) is 20.8 Å². The molecule has 0 heterocycles. The summed E-state index contributed by atoms with van der Waals surface area (Å²) in [6.45, 7) is 16.0. The van der Waals surface area contributed by atoms with Gasteiger partial charge in [-0.15, -0.1) is 0 Å². The van der Waals surface area contributed by atoms with Gasteiger partial charge in [-0.05, 0) is 32.9 Å². The van der Waals surface area contributed by atoms with Crippen molar-refractivity contribution in [1.29, 1.82) is 0 Å². The van der Waals surface area contributed by atoms with E-state index in [1.165, 1.54) is 12.1 Å². The van der Waals surface area contributed by atoms with Crippen LogP contribution in [-0.4, -0.2) is 182 Å².